The lowest BCUT2D eigenvalue weighted by Crippen LogP contribution is -2.40. The van der Waals surface area contributed by atoms with Gasteiger partial charge in [-0.2, -0.15) is 0 Å². The van der Waals surface area contributed by atoms with Crippen LogP contribution in [-0.4, -0.2) is 42.5 Å². The Kier molecular flexibility index (Phi) is 4.28. The molecule has 0 aromatic carbocycles. The van der Waals surface area contributed by atoms with E-state index in [2.05, 4.69) is 4.98 Å². The first-order valence-electron chi connectivity index (χ1n) is 5.89. The standard InChI is InChI=1S/C12H17FN2O2/c13-11-4-1-5-14-12(11)15-6-2-3-10(9-15)17-8-7-16/h1,4-5,10,16H,2-3,6-9H2/t10-/m0/s1. The van der Waals surface area contributed by atoms with E-state index in [-0.39, 0.29) is 18.5 Å². The van der Waals surface area contributed by atoms with Crippen molar-refractivity contribution in [2.24, 2.45) is 0 Å². The molecule has 1 aromatic rings. The summed E-state index contributed by atoms with van der Waals surface area (Å²) < 4.78 is 19.1. The normalized spacial score (nSPS) is 20.6. The van der Waals surface area contributed by atoms with E-state index in [1.807, 2.05) is 4.90 Å². The number of aliphatic hydroxyl groups is 1. The zero-order valence-corrected chi connectivity index (χ0v) is 9.68. The molecular weight excluding hydrogens is 223 g/mol. The molecule has 2 heterocycles. The lowest BCUT2D eigenvalue weighted by molar-refractivity contribution is 0.0212. The van der Waals surface area contributed by atoms with Crippen LogP contribution >= 0.6 is 0 Å². The molecule has 17 heavy (non-hydrogen) atoms. The number of hydrogen-bond acceptors (Lipinski definition) is 4. The van der Waals surface area contributed by atoms with Gasteiger partial charge >= 0.3 is 0 Å². The quantitative estimate of drug-likeness (QED) is 0.859. The van der Waals surface area contributed by atoms with Crippen molar-refractivity contribution in [1.82, 2.24) is 4.98 Å². The molecule has 0 unspecified atom stereocenters. The molecule has 1 atom stereocenters. The number of halogens is 1. The van der Waals surface area contributed by atoms with Crippen molar-refractivity contribution in [3.8, 4) is 0 Å². The molecule has 0 bridgehead atoms. The Balaban J connectivity index is 1.99. The molecule has 1 aliphatic heterocycles. The van der Waals surface area contributed by atoms with Crippen molar-refractivity contribution < 1.29 is 14.2 Å². The number of aromatic nitrogens is 1. The van der Waals surface area contributed by atoms with Gasteiger partial charge in [-0.15, -0.1) is 0 Å². The van der Waals surface area contributed by atoms with E-state index in [0.29, 0.717) is 19.0 Å². The van der Waals surface area contributed by atoms with E-state index in [0.717, 1.165) is 19.4 Å². The smallest absolute Gasteiger partial charge is 0.165 e. The van der Waals surface area contributed by atoms with Crippen LogP contribution in [0.15, 0.2) is 18.3 Å². The Morgan fingerprint density at radius 1 is 1.59 bits per heavy atom. The van der Waals surface area contributed by atoms with Crippen LogP contribution in [0.5, 0.6) is 0 Å². The maximum Gasteiger partial charge on any atom is 0.165 e. The molecule has 1 aliphatic rings. The Morgan fingerprint density at radius 3 is 3.24 bits per heavy atom. The second-order valence-corrected chi connectivity index (χ2v) is 4.11. The summed E-state index contributed by atoms with van der Waals surface area (Å²) in [6, 6.07) is 3.00. The molecule has 0 spiro atoms. The number of hydrogen-bond donors (Lipinski definition) is 1. The average molecular weight is 240 g/mol. The molecule has 0 amide bonds. The minimum absolute atomic E-state index is 0.0223. The average Bonchev–Trinajstić information content (AvgIpc) is 2.37. The van der Waals surface area contributed by atoms with Gasteiger partial charge in [0, 0.05) is 19.3 Å². The molecule has 1 aromatic heterocycles. The van der Waals surface area contributed by atoms with Gasteiger partial charge in [0.2, 0.25) is 0 Å². The first-order valence-corrected chi connectivity index (χ1v) is 5.89. The van der Waals surface area contributed by atoms with E-state index < -0.39 is 0 Å². The Labute approximate surface area is 100 Å². The maximum atomic E-state index is 13.6. The van der Waals surface area contributed by atoms with Gasteiger partial charge < -0.3 is 14.7 Å². The van der Waals surface area contributed by atoms with E-state index in [1.165, 1.54) is 6.07 Å². The van der Waals surface area contributed by atoms with Gasteiger partial charge in [-0.25, -0.2) is 9.37 Å². The Morgan fingerprint density at radius 2 is 2.47 bits per heavy atom. The highest BCUT2D eigenvalue weighted by atomic mass is 19.1. The molecule has 1 N–H and O–H groups in total. The van der Waals surface area contributed by atoms with Crippen LogP contribution in [-0.2, 0) is 4.74 Å². The fourth-order valence-corrected chi connectivity index (χ4v) is 2.10. The predicted molar refractivity (Wildman–Crippen MR) is 62.5 cm³/mol. The monoisotopic (exact) mass is 240 g/mol. The van der Waals surface area contributed by atoms with Crippen LogP contribution in [0.3, 0.4) is 0 Å². The molecule has 1 fully saturated rings. The van der Waals surface area contributed by atoms with E-state index in [1.54, 1.807) is 12.3 Å². The first-order chi connectivity index (χ1) is 8.31. The summed E-state index contributed by atoms with van der Waals surface area (Å²) in [6.45, 7) is 1.79. The van der Waals surface area contributed by atoms with Crippen LogP contribution in [0.4, 0.5) is 10.2 Å². The number of pyridine rings is 1. The Hall–Kier alpha value is -1.20. The van der Waals surface area contributed by atoms with Gasteiger partial charge in [0.05, 0.1) is 19.3 Å². The molecule has 0 radical (unpaired) electrons. The fraction of sp³-hybridized carbons (Fsp3) is 0.583. The van der Waals surface area contributed by atoms with Crippen molar-refractivity contribution in [2.75, 3.05) is 31.2 Å². The van der Waals surface area contributed by atoms with E-state index in [4.69, 9.17) is 9.84 Å². The maximum absolute atomic E-state index is 13.6. The minimum atomic E-state index is -0.296. The summed E-state index contributed by atoms with van der Waals surface area (Å²) in [5.74, 6) is 0.0973. The third-order valence-corrected chi connectivity index (χ3v) is 2.86. The van der Waals surface area contributed by atoms with Crippen molar-refractivity contribution in [3.63, 3.8) is 0 Å². The zero-order chi connectivity index (χ0) is 12.1. The highest BCUT2D eigenvalue weighted by Gasteiger charge is 2.22. The minimum Gasteiger partial charge on any atom is -0.394 e. The van der Waals surface area contributed by atoms with Crippen molar-refractivity contribution in [2.45, 2.75) is 18.9 Å². The van der Waals surface area contributed by atoms with Crippen LogP contribution in [0.1, 0.15) is 12.8 Å². The van der Waals surface area contributed by atoms with Crippen LogP contribution in [0.25, 0.3) is 0 Å². The number of anilines is 1. The summed E-state index contributed by atoms with van der Waals surface area (Å²) >= 11 is 0. The van der Waals surface area contributed by atoms with Gasteiger partial charge in [-0.3, -0.25) is 0 Å². The molecule has 4 nitrogen and oxygen atoms in total. The van der Waals surface area contributed by atoms with Crippen molar-refractivity contribution in [1.29, 1.82) is 0 Å². The lowest BCUT2D eigenvalue weighted by Gasteiger charge is -2.33. The third-order valence-electron chi connectivity index (χ3n) is 2.86. The number of ether oxygens (including phenoxy) is 1. The molecule has 0 saturated carbocycles. The zero-order valence-electron chi connectivity index (χ0n) is 9.68. The lowest BCUT2D eigenvalue weighted by atomic mass is 10.1. The van der Waals surface area contributed by atoms with Crippen LogP contribution in [0.2, 0.25) is 0 Å². The summed E-state index contributed by atoms with van der Waals surface area (Å²) in [4.78, 5) is 5.97. The predicted octanol–water partition coefficient (Wildman–Crippen LogP) is 1.20. The van der Waals surface area contributed by atoms with Crippen molar-refractivity contribution >= 4 is 5.82 Å². The molecule has 0 aliphatic carbocycles. The van der Waals surface area contributed by atoms with Gasteiger partial charge in [0.15, 0.2) is 11.6 Å². The summed E-state index contributed by atoms with van der Waals surface area (Å²) in [5.41, 5.74) is 0. The summed E-state index contributed by atoms with van der Waals surface area (Å²) in [7, 11) is 0. The largest absolute Gasteiger partial charge is 0.394 e. The van der Waals surface area contributed by atoms with Gasteiger partial charge in [0.1, 0.15) is 0 Å². The van der Waals surface area contributed by atoms with Gasteiger partial charge in [-0.1, -0.05) is 0 Å². The SMILES string of the molecule is OCCO[C@H]1CCCN(c2ncccc2F)C1. The molecule has 2 rings (SSSR count). The van der Waals surface area contributed by atoms with Crippen LogP contribution < -0.4 is 4.90 Å². The molecule has 1 saturated heterocycles. The highest BCUT2D eigenvalue weighted by Crippen LogP contribution is 2.21. The first kappa shape index (κ1) is 12.3. The summed E-state index contributed by atoms with van der Waals surface area (Å²) in [5, 5.41) is 8.71. The number of nitrogens with zero attached hydrogens (tertiary/aromatic N) is 2. The van der Waals surface area contributed by atoms with E-state index in [9.17, 15) is 4.39 Å². The van der Waals surface area contributed by atoms with Crippen molar-refractivity contribution in [3.05, 3.63) is 24.1 Å². The summed E-state index contributed by atoms with van der Waals surface area (Å²) in [6.07, 6.45) is 3.55. The third kappa shape index (κ3) is 3.14. The Bertz CT molecular complexity index is 362. The van der Waals surface area contributed by atoms with Gasteiger partial charge in [-0.05, 0) is 25.0 Å². The fourth-order valence-electron chi connectivity index (χ4n) is 2.10. The number of aliphatic hydroxyl groups excluding tert-OH is 1. The molecular formula is C12H17FN2O2. The highest BCUT2D eigenvalue weighted by molar-refractivity contribution is 5.40. The molecule has 94 valence electrons. The topological polar surface area (TPSA) is 45.6 Å². The molecule has 5 heteroatoms. The number of piperidine rings is 1. The second kappa shape index (κ2) is 5.93. The number of rotatable bonds is 4. The van der Waals surface area contributed by atoms with E-state index >= 15 is 0 Å². The van der Waals surface area contributed by atoms with Crippen LogP contribution in [0, 0.1) is 5.82 Å². The second-order valence-electron chi connectivity index (χ2n) is 4.11. The van der Waals surface area contributed by atoms with Gasteiger partial charge in [0.25, 0.3) is 0 Å².